The fourth-order valence-corrected chi connectivity index (χ4v) is 0.771. The topological polar surface area (TPSA) is 26.0 Å². The average Bonchev–Trinajstić information content (AvgIpc) is 1.85. The molecule has 0 rings (SSSR count). The van der Waals surface area contributed by atoms with E-state index < -0.39 is 0 Å². The zero-order chi connectivity index (χ0) is 9.07. The van der Waals surface area contributed by atoms with Crippen LogP contribution in [0, 0.1) is 5.41 Å². The van der Waals surface area contributed by atoms with Crippen LogP contribution in [0.15, 0.2) is 11.6 Å². The summed E-state index contributed by atoms with van der Waals surface area (Å²) in [5.41, 5.74) is 7.59. The Labute approximate surface area is 70.7 Å². The highest BCUT2D eigenvalue weighted by atomic mass is 14.7. The lowest BCUT2D eigenvalue weighted by molar-refractivity contribution is 0.318. The molecule has 0 aromatic carbocycles. The Hall–Kier alpha value is -0.300. The molecule has 1 heteroatoms. The molecule has 0 saturated heterocycles. The molecule has 11 heavy (non-hydrogen) atoms. The average molecular weight is 155 g/mol. The van der Waals surface area contributed by atoms with Crippen molar-refractivity contribution in [3.05, 3.63) is 11.6 Å². The fraction of sp³-hybridized carbons (Fsp3) is 0.800. The second kappa shape index (κ2) is 3.91. The van der Waals surface area contributed by atoms with Crippen LogP contribution in [-0.2, 0) is 0 Å². The standard InChI is InChI=1S/C10H21N/c1-6-8(2)7-9(11)10(3,4)5/h6,9H,7,11H2,1-5H3/b8-6+. The van der Waals surface area contributed by atoms with E-state index in [0.717, 1.165) is 6.42 Å². The maximum atomic E-state index is 5.99. The molecule has 66 valence electrons. The van der Waals surface area contributed by atoms with Crippen molar-refractivity contribution in [2.45, 2.75) is 47.1 Å². The molecule has 0 aliphatic carbocycles. The molecular weight excluding hydrogens is 134 g/mol. The van der Waals surface area contributed by atoms with Crippen LogP contribution in [0.1, 0.15) is 41.0 Å². The zero-order valence-electron chi connectivity index (χ0n) is 8.44. The van der Waals surface area contributed by atoms with Crippen molar-refractivity contribution >= 4 is 0 Å². The molecular formula is C10H21N. The SMILES string of the molecule is C/C=C(\C)CC(N)C(C)(C)C. The number of hydrogen-bond acceptors (Lipinski definition) is 1. The van der Waals surface area contributed by atoms with E-state index in [1.807, 2.05) is 0 Å². The van der Waals surface area contributed by atoms with Crippen LogP contribution in [0.25, 0.3) is 0 Å². The first kappa shape index (κ1) is 10.7. The minimum Gasteiger partial charge on any atom is -0.327 e. The molecule has 0 bridgehead atoms. The summed E-state index contributed by atoms with van der Waals surface area (Å²) in [7, 11) is 0. The molecule has 0 heterocycles. The minimum absolute atomic E-state index is 0.226. The van der Waals surface area contributed by atoms with Gasteiger partial charge in [0.1, 0.15) is 0 Å². The normalized spacial score (nSPS) is 16.7. The van der Waals surface area contributed by atoms with Gasteiger partial charge < -0.3 is 5.73 Å². The van der Waals surface area contributed by atoms with Gasteiger partial charge in [0.2, 0.25) is 0 Å². The van der Waals surface area contributed by atoms with Crippen LogP contribution in [0.4, 0.5) is 0 Å². The van der Waals surface area contributed by atoms with E-state index in [1.165, 1.54) is 5.57 Å². The van der Waals surface area contributed by atoms with Crippen molar-refractivity contribution in [3.8, 4) is 0 Å². The fourth-order valence-electron chi connectivity index (χ4n) is 0.771. The maximum Gasteiger partial charge on any atom is 0.0125 e. The van der Waals surface area contributed by atoms with Crippen LogP contribution in [0.2, 0.25) is 0 Å². The third-order valence-corrected chi connectivity index (χ3v) is 2.15. The van der Waals surface area contributed by atoms with E-state index in [1.54, 1.807) is 0 Å². The lowest BCUT2D eigenvalue weighted by Gasteiger charge is -2.27. The summed E-state index contributed by atoms with van der Waals surface area (Å²) >= 11 is 0. The van der Waals surface area contributed by atoms with Gasteiger partial charge in [-0.05, 0) is 25.7 Å². The van der Waals surface area contributed by atoms with Crippen LogP contribution in [0.3, 0.4) is 0 Å². The number of nitrogens with two attached hydrogens (primary N) is 1. The smallest absolute Gasteiger partial charge is 0.0125 e. The predicted molar refractivity (Wildman–Crippen MR) is 51.5 cm³/mol. The van der Waals surface area contributed by atoms with Crippen LogP contribution in [-0.4, -0.2) is 6.04 Å². The first-order valence-corrected chi connectivity index (χ1v) is 4.25. The van der Waals surface area contributed by atoms with Crippen molar-refractivity contribution < 1.29 is 0 Å². The van der Waals surface area contributed by atoms with Gasteiger partial charge in [-0.3, -0.25) is 0 Å². The van der Waals surface area contributed by atoms with Crippen molar-refractivity contribution in [1.29, 1.82) is 0 Å². The van der Waals surface area contributed by atoms with E-state index in [9.17, 15) is 0 Å². The summed E-state index contributed by atoms with van der Waals surface area (Å²) in [4.78, 5) is 0. The van der Waals surface area contributed by atoms with Crippen LogP contribution >= 0.6 is 0 Å². The van der Waals surface area contributed by atoms with E-state index in [0.29, 0.717) is 0 Å². The predicted octanol–water partition coefficient (Wildman–Crippen LogP) is 2.72. The van der Waals surface area contributed by atoms with Crippen LogP contribution < -0.4 is 5.73 Å². The highest BCUT2D eigenvalue weighted by Crippen LogP contribution is 2.22. The van der Waals surface area contributed by atoms with Crippen LogP contribution in [0.5, 0.6) is 0 Å². The van der Waals surface area contributed by atoms with Crippen molar-refractivity contribution in [1.82, 2.24) is 0 Å². The number of allylic oxidation sites excluding steroid dienone is 1. The Balaban J connectivity index is 3.98. The Morgan fingerprint density at radius 3 is 2.18 bits per heavy atom. The van der Waals surface area contributed by atoms with Gasteiger partial charge in [-0.25, -0.2) is 0 Å². The first-order chi connectivity index (χ1) is 4.88. The Morgan fingerprint density at radius 1 is 1.45 bits per heavy atom. The summed E-state index contributed by atoms with van der Waals surface area (Å²) in [6.45, 7) is 10.7. The number of rotatable bonds is 2. The molecule has 1 atom stereocenters. The monoisotopic (exact) mass is 155 g/mol. The molecule has 2 N–H and O–H groups in total. The summed E-state index contributed by atoms with van der Waals surface area (Å²) in [6.07, 6.45) is 3.14. The molecule has 0 aromatic heterocycles. The molecule has 0 aliphatic rings. The second-order valence-electron chi connectivity index (χ2n) is 4.31. The Kier molecular flexibility index (Phi) is 3.81. The summed E-state index contributed by atoms with van der Waals surface area (Å²) in [5, 5.41) is 0. The second-order valence-corrected chi connectivity index (χ2v) is 4.31. The minimum atomic E-state index is 0.226. The quantitative estimate of drug-likeness (QED) is 0.610. The van der Waals surface area contributed by atoms with Gasteiger partial charge >= 0.3 is 0 Å². The molecule has 0 fully saturated rings. The summed E-state index contributed by atoms with van der Waals surface area (Å²) in [6, 6.07) is 0.277. The molecule has 1 unspecified atom stereocenters. The molecule has 0 spiro atoms. The van der Waals surface area contributed by atoms with Gasteiger partial charge in [0.05, 0.1) is 0 Å². The summed E-state index contributed by atoms with van der Waals surface area (Å²) < 4.78 is 0. The largest absolute Gasteiger partial charge is 0.327 e. The van der Waals surface area contributed by atoms with Gasteiger partial charge in [0, 0.05) is 6.04 Å². The van der Waals surface area contributed by atoms with E-state index in [-0.39, 0.29) is 11.5 Å². The van der Waals surface area contributed by atoms with Crippen molar-refractivity contribution in [2.75, 3.05) is 0 Å². The van der Waals surface area contributed by atoms with Gasteiger partial charge in [-0.2, -0.15) is 0 Å². The Bertz CT molecular complexity index is 139. The van der Waals surface area contributed by atoms with Gasteiger partial charge in [-0.15, -0.1) is 0 Å². The highest BCUT2D eigenvalue weighted by molar-refractivity contribution is 5.00. The van der Waals surface area contributed by atoms with E-state index in [4.69, 9.17) is 5.73 Å². The van der Waals surface area contributed by atoms with Gasteiger partial charge in [0.25, 0.3) is 0 Å². The van der Waals surface area contributed by atoms with Crippen molar-refractivity contribution in [2.24, 2.45) is 11.1 Å². The molecule has 0 aromatic rings. The van der Waals surface area contributed by atoms with Gasteiger partial charge in [0.15, 0.2) is 0 Å². The molecule has 0 aliphatic heterocycles. The molecule has 1 nitrogen and oxygen atoms in total. The maximum absolute atomic E-state index is 5.99. The lowest BCUT2D eigenvalue weighted by Crippen LogP contribution is -2.35. The third kappa shape index (κ3) is 4.20. The molecule has 0 saturated carbocycles. The molecule has 0 radical (unpaired) electrons. The van der Waals surface area contributed by atoms with Gasteiger partial charge in [-0.1, -0.05) is 32.4 Å². The third-order valence-electron chi connectivity index (χ3n) is 2.15. The van der Waals surface area contributed by atoms with Crippen molar-refractivity contribution in [3.63, 3.8) is 0 Å². The Morgan fingerprint density at radius 2 is 1.91 bits per heavy atom. The zero-order valence-corrected chi connectivity index (χ0v) is 8.44. The highest BCUT2D eigenvalue weighted by Gasteiger charge is 2.19. The molecule has 0 amide bonds. The number of hydrogen-bond donors (Lipinski definition) is 1. The lowest BCUT2D eigenvalue weighted by atomic mass is 9.84. The first-order valence-electron chi connectivity index (χ1n) is 4.25. The van der Waals surface area contributed by atoms with E-state index in [2.05, 4.69) is 40.7 Å². The van der Waals surface area contributed by atoms with E-state index >= 15 is 0 Å². The summed E-state index contributed by atoms with van der Waals surface area (Å²) in [5.74, 6) is 0.